The fraction of sp³-hybridized carbons (Fsp3) is 0.917. The van der Waals surface area contributed by atoms with Crippen LogP contribution in [0.1, 0.15) is 32.6 Å². The van der Waals surface area contributed by atoms with Gasteiger partial charge in [-0.05, 0) is 32.6 Å². The average Bonchev–Trinajstić information content (AvgIpc) is 2.35. The number of carbonyl (C=O) groups is 1. The largest absolute Gasteiger partial charge is 0.468 e. The number of carbonyl (C=O) groups excluding carboxylic acids is 1. The molecule has 1 rings (SSSR count). The van der Waals surface area contributed by atoms with E-state index in [2.05, 4.69) is 4.74 Å². The van der Waals surface area contributed by atoms with Gasteiger partial charge in [-0.1, -0.05) is 0 Å². The lowest BCUT2D eigenvalue weighted by Gasteiger charge is -2.30. The molecule has 0 spiro atoms. The molecule has 1 aliphatic rings. The van der Waals surface area contributed by atoms with Gasteiger partial charge < -0.3 is 19.9 Å². The molecule has 5 heteroatoms. The molecule has 3 unspecified atom stereocenters. The molecule has 0 saturated heterocycles. The number of hydrogen-bond acceptors (Lipinski definition) is 5. The quantitative estimate of drug-likeness (QED) is 0.727. The van der Waals surface area contributed by atoms with Crippen LogP contribution in [0.4, 0.5) is 0 Å². The second-order valence-electron chi connectivity index (χ2n) is 4.87. The minimum Gasteiger partial charge on any atom is -0.468 e. The molecule has 0 amide bonds. The minimum atomic E-state index is -1.07. The van der Waals surface area contributed by atoms with E-state index in [9.17, 15) is 4.79 Å². The topological polar surface area (TPSA) is 70.8 Å². The zero-order valence-corrected chi connectivity index (χ0v) is 10.9. The number of hydrogen-bond donors (Lipinski definition) is 1. The van der Waals surface area contributed by atoms with E-state index in [0.29, 0.717) is 0 Å². The second kappa shape index (κ2) is 6.33. The molecular formula is C12H23NO4. The van der Waals surface area contributed by atoms with E-state index in [1.165, 1.54) is 7.11 Å². The Morgan fingerprint density at radius 1 is 1.35 bits per heavy atom. The van der Waals surface area contributed by atoms with E-state index in [0.717, 1.165) is 25.7 Å². The maximum absolute atomic E-state index is 11.4. The predicted octanol–water partition coefficient (Wildman–Crippen LogP) is 0.851. The summed E-state index contributed by atoms with van der Waals surface area (Å²) in [7, 11) is 3.05. The molecule has 100 valence electrons. The highest BCUT2D eigenvalue weighted by atomic mass is 16.5. The van der Waals surface area contributed by atoms with Gasteiger partial charge in [0.25, 0.3) is 0 Å². The molecule has 0 aliphatic heterocycles. The zero-order valence-electron chi connectivity index (χ0n) is 10.9. The van der Waals surface area contributed by atoms with Gasteiger partial charge >= 0.3 is 5.97 Å². The standard InChI is InChI=1S/C12H23NO4/c1-12(13,11(14)16-3)8-17-10-6-4-5-9(7-10)15-2/h9-10H,4-8,13H2,1-3H3. The molecule has 0 aromatic rings. The van der Waals surface area contributed by atoms with Crippen LogP contribution in [-0.4, -0.2) is 44.5 Å². The van der Waals surface area contributed by atoms with Crippen LogP contribution in [-0.2, 0) is 19.0 Å². The van der Waals surface area contributed by atoms with E-state index in [-0.39, 0.29) is 18.8 Å². The van der Waals surface area contributed by atoms with Crippen molar-refractivity contribution in [2.75, 3.05) is 20.8 Å². The van der Waals surface area contributed by atoms with Crippen LogP contribution in [0.25, 0.3) is 0 Å². The maximum atomic E-state index is 11.4. The Morgan fingerprint density at radius 2 is 2.00 bits per heavy atom. The Labute approximate surface area is 103 Å². The lowest BCUT2D eigenvalue weighted by molar-refractivity contribution is -0.150. The summed E-state index contributed by atoms with van der Waals surface area (Å²) in [5.74, 6) is -0.448. The molecule has 5 nitrogen and oxygen atoms in total. The SMILES string of the molecule is COC(=O)C(C)(N)COC1CCCC(OC)C1. The molecule has 0 heterocycles. The smallest absolute Gasteiger partial charge is 0.327 e. The van der Waals surface area contributed by atoms with Crippen molar-refractivity contribution in [3.63, 3.8) is 0 Å². The van der Waals surface area contributed by atoms with Crippen molar-refractivity contribution < 1.29 is 19.0 Å². The van der Waals surface area contributed by atoms with Crippen LogP contribution in [0.3, 0.4) is 0 Å². The van der Waals surface area contributed by atoms with Gasteiger partial charge in [0.2, 0.25) is 0 Å². The molecule has 0 aromatic heterocycles. The summed E-state index contributed by atoms with van der Waals surface area (Å²) in [6.07, 6.45) is 4.41. The summed E-state index contributed by atoms with van der Waals surface area (Å²) in [5.41, 5.74) is 4.75. The first-order valence-electron chi connectivity index (χ1n) is 6.01. The number of rotatable bonds is 5. The molecule has 2 N–H and O–H groups in total. The van der Waals surface area contributed by atoms with Crippen LogP contribution in [0.2, 0.25) is 0 Å². The fourth-order valence-corrected chi connectivity index (χ4v) is 2.05. The number of nitrogens with two attached hydrogens (primary N) is 1. The van der Waals surface area contributed by atoms with Crippen molar-refractivity contribution in [2.45, 2.75) is 50.4 Å². The van der Waals surface area contributed by atoms with Gasteiger partial charge in [0.1, 0.15) is 5.54 Å². The predicted molar refractivity (Wildman–Crippen MR) is 63.6 cm³/mol. The summed E-state index contributed by atoms with van der Waals surface area (Å²) in [5, 5.41) is 0. The summed E-state index contributed by atoms with van der Waals surface area (Å²) in [6, 6.07) is 0. The van der Waals surface area contributed by atoms with Gasteiger partial charge in [0.05, 0.1) is 25.9 Å². The molecule has 0 bridgehead atoms. The molecule has 0 radical (unpaired) electrons. The number of methoxy groups -OCH3 is 2. The van der Waals surface area contributed by atoms with Crippen molar-refractivity contribution in [3.05, 3.63) is 0 Å². The van der Waals surface area contributed by atoms with Gasteiger partial charge in [-0.3, -0.25) is 0 Å². The normalized spacial score (nSPS) is 28.5. The van der Waals surface area contributed by atoms with Gasteiger partial charge in [-0.25, -0.2) is 4.79 Å². The molecule has 1 saturated carbocycles. The van der Waals surface area contributed by atoms with E-state index >= 15 is 0 Å². The van der Waals surface area contributed by atoms with Gasteiger partial charge in [-0.15, -0.1) is 0 Å². The van der Waals surface area contributed by atoms with Crippen molar-refractivity contribution in [2.24, 2.45) is 5.73 Å². The average molecular weight is 245 g/mol. The number of esters is 1. The third-order valence-corrected chi connectivity index (χ3v) is 3.18. The van der Waals surface area contributed by atoms with E-state index in [1.54, 1.807) is 14.0 Å². The highest BCUT2D eigenvalue weighted by Gasteiger charge is 2.32. The molecule has 1 aliphatic carbocycles. The third-order valence-electron chi connectivity index (χ3n) is 3.18. The molecular weight excluding hydrogens is 222 g/mol. The fourth-order valence-electron chi connectivity index (χ4n) is 2.05. The maximum Gasteiger partial charge on any atom is 0.327 e. The molecule has 3 atom stereocenters. The van der Waals surface area contributed by atoms with Gasteiger partial charge in [0.15, 0.2) is 0 Å². The van der Waals surface area contributed by atoms with Gasteiger partial charge in [-0.2, -0.15) is 0 Å². The van der Waals surface area contributed by atoms with Crippen LogP contribution >= 0.6 is 0 Å². The van der Waals surface area contributed by atoms with Crippen LogP contribution in [0, 0.1) is 0 Å². The van der Waals surface area contributed by atoms with Crippen molar-refractivity contribution >= 4 is 5.97 Å². The minimum absolute atomic E-state index is 0.126. The Morgan fingerprint density at radius 3 is 2.59 bits per heavy atom. The summed E-state index contributed by atoms with van der Waals surface area (Å²) >= 11 is 0. The first-order chi connectivity index (χ1) is 7.99. The Balaban J connectivity index is 2.37. The summed E-state index contributed by atoms with van der Waals surface area (Å²) in [6.45, 7) is 1.80. The Bertz CT molecular complexity index is 255. The Kier molecular flexibility index (Phi) is 5.36. The number of ether oxygens (including phenoxy) is 3. The summed E-state index contributed by atoms with van der Waals surface area (Å²) < 4.78 is 15.6. The van der Waals surface area contributed by atoms with Crippen LogP contribution in [0.15, 0.2) is 0 Å². The first kappa shape index (κ1) is 14.4. The van der Waals surface area contributed by atoms with E-state index in [4.69, 9.17) is 15.2 Å². The molecule has 0 aromatic carbocycles. The highest BCUT2D eigenvalue weighted by molar-refractivity contribution is 5.80. The van der Waals surface area contributed by atoms with Crippen molar-refractivity contribution in [1.29, 1.82) is 0 Å². The van der Waals surface area contributed by atoms with Crippen molar-refractivity contribution in [3.8, 4) is 0 Å². The monoisotopic (exact) mass is 245 g/mol. The summed E-state index contributed by atoms with van der Waals surface area (Å²) in [4.78, 5) is 11.4. The first-order valence-corrected chi connectivity index (χ1v) is 6.01. The Hall–Kier alpha value is -0.650. The van der Waals surface area contributed by atoms with E-state index in [1.807, 2.05) is 0 Å². The van der Waals surface area contributed by atoms with E-state index < -0.39 is 11.5 Å². The molecule has 17 heavy (non-hydrogen) atoms. The zero-order chi connectivity index (χ0) is 12.9. The van der Waals surface area contributed by atoms with Crippen LogP contribution < -0.4 is 5.73 Å². The van der Waals surface area contributed by atoms with Crippen molar-refractivity contribution in [1.82, 2.24) is 0 Å². The second-order valence-corrected chi connectivity index (χ2v) is 4.87. The third kappa shape index (κ3) is 4.26. The lowest BCUT2D eigenvalue weighted by Crippen LogP contribution is -2.50. The lowest BCUT2D eigenvalue weighted by atomic mass is 9.94. The van der Waals surface area contributed by atoms with Gasteiger partial charge in [0, 0.05) is 7.11 Å². The van der Waals surface area contributed by atoms with Crippen LogP contribution in [0.5, 0.6) is 0 Å². The highest BCUT2D eigenvalue weighted by Crippen LogP contribution is 2.23. The molecule has 1 fully saturated rings.